The minimum absolute atomic E-state index is 0.133. The van der Waals surface area contributed by atoms with Gasteiger partial charge in [0.1, 0.15) is 29.0 Å². The zero-order valence-corrected chi connectivity index (χ0v) is 14.6. The number of aliphatic hydroxyl groups excluding tert-OH is 1. The molecule has 0 bridgehead atoms. The second-order valence-corrected chi connectivity index (χ2v) is 6.54. The number of imidazole rings is 2. The van der Waals surface area contributed by atoms with E-state index in [1.807, 2.05) is 53.4 Å². The number of aromatic nitrogens is 5. The van der Waals surface area contributed by atoms with Crippen molar-refractivity contribution in [3.63, 3.8) is 0 Å². The van der Waals surface area contributed by atoms with Gasteiger partial charge >= 0.3 is 0 Å². The van der Waals surface area contributed by atoms with E-state index in [4.69, 9.17) is 10.8 Å². The van der Waals surface area contributed by atoms with Crippen LogP contribution in [0.25, 0.3) is 38.7 Å². The number of aromatic amines is 1. The summed E-state index contributed by atoms with van der Waals surface area (Å²) in [7, 11) is 0. The van der Waals surface area contributed by atoms with E-state index >= 15 is 0 Å². The molecule has 0 unspecified atom stereocenters. The predicted octanol–water partition coefficient (Wildman–Crippen LogP) is 2.96. The standard InChI is InChI=1S/C20H18N6O/c21-20-19-18(24-17(25-19)6-3-9-27)13-8-7-12(10-15(13)23-20)26-11-22-14-4-1-2-5-16(14)26/h1-2,4-5,7-8,10-11,27H,3,6,9H2,(H2,21,23)(H,24,25). The van der Waals surface area contributed by atoms with Crippen LogP contribution >= 0.6 is 0 Å². The number of hydrogen-bond acceptors (Lipinski definition) is 5. The van der Waals surface area contributed by atoms with Gasteiger partial charge in [-0.05, 0) is 36.8 Å². The second-order valence-electron chi connectivity index (χ2n) is 6.54. The van der Waals surface area contributed by atoms with Crippen LogP contribution in [0, 0.1) is 0 Å². The lowest BCUT2D eigenvalue weighted by Gasteiger charge is -2.07. The molecular formula is C20H18N6O. The highest BCUT2D eigenvalue weighted by atomic mass is 16.2. The van der Waals surface area contributed by atoms with Gasteiger partial charge in [0.05, 0.1) is 16.6 Å². The fraction of sp³-hybridized carbons (Fsp3) is 0.150. The van der Waals surface area contributed by atoms with Crippen LogP contribution in [0.15, 0.2) is 48.8 Å². The van der Waals surface area contributed by atoms with Gasteiger partial charge in [0.15, 0.2) is 0 Å². The van der Waals surface area contributed by atoms with E-state index in [0.29, 0.717) is 18.7 Å². The lowest BCUT2D eigenvalue weighted by molar-refractivity contribution is 0.287. The summed E-state index contributed by atoms with van der Waals surface area (Å²) in [5, 5.41) is 9.98. The van der Waals surface area contributed by atoms with Crippen LogP contribution in [0.1, 0.15) is 12.2 Å². The Morgan fingerprint density at radius 2 is 1.96 bits per heavy atom. The van der Waals surface area contributed by atoms with Gasteiger partial charge in [-0.2, -0.15) is 0 Å². The van der Waals surface area contributed by atoms with Crippen molar-refractivity contribution in [3.8, 4) is 5.69 Å². The van der Waals surface area contributed by atoms with Crippen molar-refractivity contribution in [2.75, 3.05) is 12.3 Å². The Morgan fingerprint density at radius 3 is 2.85 bits per heavy atom. The highest BCUT2D eigenvalue weighted by Crippen LogP contribution is 2.29. The smallest absolute Gasteiger partial charge is 0.150 e. The Hall–Kier alpha value is -3.45. The molecule has 27 heavy (non-hydrogen) atoms. The number of hydrogen-bond donors (Lipinski definition) is 3. The summed E-state index contributed by atoms with van der Waals surface area (Å²) in [6, 6.07) is 14.1. The minimum atomic E-state index is 0.133. The number of pyridine rings is 1. The van der Waals surface area contributed by atoms with Crippen molar-refractivity contribution in [2.45, 2.75) is 12.8 Å². The predicted molar refractivity (Wildman–Crippen MR) is 106 cm³/mol. The summed E-state index contributed by atoms with van der Waals surface area (Å²) < 4.78 is 2.04. The molecule has 0 aliphatic carbocycles. The van der Waals surface area contributed by atoms with Gasteiger partial charge in [-0.15, -0.1) is 0 Å². The monoisotopic (exact) mass is 358 g/mol. The first-order valence-corrected chi connectivity index (χ1v) is 8.86. The van der Waals surface area contributed by atoms with Crippen LogP contribution < -0.4 is 5.73 Å². The highest BCUT2D eigenvalue weighted by molar-refractivity contribution is 6.06. The summed E-state index contributed by atoms with van der Waals surface area (Å²) >= 11 is 0. The number of aryl methyl sites for hydroxylation is 1. The summed E-state index contributed by atoms with van der Waals surface area (Å²) in [6.45, 7) is 0.133. The van der Waals surface area contributed by atoms with E-state index in [9.17, 15) is 0 Å². The molecule has 0 spiro atoms. The first kappa shape index (κ1) is 15.8. The zero-order valence-electron chi connectivity index (χ0n) is 14.6. The number of para-hydroxylation sites is 2. The molecule has 3 heterocycles. The van der Waals surface area contributed by atoms with E-state index in [1.54, 1.807) is 0 Å². The highest BCUT2D eigenvalue weighted by Gasteiger charge is 2.13. The van der Waals surface area contributed by atoms with Crippen molar-refractivity contribution >= 4 is 38.8 Å². The molecular weight excluding hydrogens is 340 g/mol. The zero-order chi connectivity index (χ0) is 18.4. The molecule has 0 saturated heterocycles. The van der Waals surface area contributed by atoms with Crippen molar-refractivity contribution in [2.24, 2.45) is 0 Å². The Morgan fingerprint density at radius 1 is 1.07 bits per heavy atom. The number of fused-ring (bicyclic) bond motifs is 4. The molecule has 4 N–H and O–H groups in total. The first-order valence-electron chi connectivity index (χ1n) is 8.86. The van der Waals surface area contributed by atoms with Crippen LogP contribution in [0.2, 0.25) is 0 Å². The molecule has 0 radical (unpaired) electrons. The summed E-state index contributed by atoms with van der Waals surface area (Å²) in [4.78, 5) is 16.9. The Labute approximate surface area is 154 Å². The molecule has 7 heteroatoms. The number of nitrogens with zero attached hydrogens (tertiary/aromatic N) is 4. The normalized spacial score (nSPS) is 11.7. The molecule has 0 aliphatic heterocycles. The number of nitrogen functional groups attached to an aromatic ring is 1. The molecule has 0 aliphatic rings. The fourth-order valence-electron chi connectivity index (χ4n) is 3.48. The number of aliphatic hydroxyl groups is 1. The Kier molecular flexibility index (Phi) is 3.54. The molecule has 7 nitrogen and oxygen atoms in total. The largest absolute Gasteiger partial charge is 0.396 e. The summed E-state index contributed by atoms with van der Waals surface area (Å²) in [5.41, 5.74) is 11.5. The summed E-state index contributed by atoms with van der Waals surface area (Å²) in [5.74, 6) is 1.23. The SMILES string of the molecule is Nc1nc2cc(-n3cnc4ccccc43)ccc2c2nc(CCCO)[nH]c12. The molecule has 0 atom stereocenters. The molecule has 5 aromatic rings. The number of nitrogens with one attached hydrogen (secondary N) is 1. The Balaban J connectivity index is 1.68. The first-order chi connectivity index (χ1) is 13.2. The van der Waals surface area contributed by atoms with Crippen LogP contribution in [-0.4, -0.2) is 36.2 Å². The van der Waals surface area contributed by atoms with Gasteiger partial charge in [0.2, 0.25) is 0 Å². The van der Waals surface area contributed by atoms with Gasteiger partial charge in [-0.3, -0.25) is 4.57 Å². The van der Waals surface area contributed by atoms with Gasteiger partial charge in [-0.25, -0.2) is 15.0 Å². The molecule has 5 rings (SSSR count). The number of H-pyrrole nitrogens is 1. The van der Waals surface area contributed by atoms with Crippen LogP contribution in [0.5, 0.6) is 0 Å². The van der Waals surface area contributed by atoms with E-state index in [0.717, 1.165) is 44.5 Å². The van der Waals surface area contributed by atoms with E-state index in [2.05, 4.69) is 19.9 Å². The van der Waals surface area contributed by atoms with Crippen molar-refractivity contribution in [3.05, 3.63) is 54.6 Å². The topological polar surface area (TPSA) is 106 Å². The number of nitrogens with two attached hydrogens (primary N) is 1. The molecule has 0 saturated carbocycles. The average molecular weight is 358 g/mol. The van der Waals surface area contributed by atoms with E-state index < -0.39 is 0 Å². The fourth-order valence-corrected chi connectivity index (χ4v) is 3.48. The maximum absolute atomic E-state index is 9.04. The third kappa shape index (κ3) is 2.51. The third-order valence-corrected chi connectivity index (χ3v) is 4.79. The average Bonchev–Trinajstić information content (AvgIpc) is 3.31. The maximum atomic E-state index is 9.04. The quantitative estimate of drug-likeness (QED) is 0.458. The molecule has 0 fully saturated rings. The number of benzene rings is 2. The van der Waals surface area contributed by atoms with Crippen LogP contribution in [0.4, 0.5) is 5.82 Å². The molecule has 3 aromatic heterocycles. The van der Waals surface area contributed by atoms with E-state index in [-0.39, 0.29) is 6.61 Å². The molecule has 0 amide bonds. The summed E-state index contributed by atoms with van der Waals surface area (Å²) in [6.07, 6.45) is 3.14. The van der Waals surface area contributed by atoms with Crippen molar-refractivity contribution in [1.82, 2.24) is 24.5 Å². The van der Waals surface area contributed by atoms with Gasteiger partial charge in [0.25, 0.3) is 0 Å². The van der Waals surface area contributed by atoms with Crippen LogP contribution in [0.3, 0.4) is 0 Å². The van der Waals surface area contributed by atoms with Crippen molar-refractivity contribution < 1.29 is 5.11 Å². The van der Waals surface area contributed by atoms with Gasteiger partial charge in [-0.1, -0.05) is 12.1 Å². The Bertz CT molecular complexity index is 1290. The number of rotatable bonds is 4. The lowest BCUT2D eigenvalue weighted by atomic mass is 10.1. The van der Waals surface area contributed by atoms with Gasteiger partial charge in [0, 0.05) is 24.1 Å². The molecule has 134 valence electrons. The van der Waals surface area contributed by atoms with Gasteiger partial charge < -0.3 is 15.8 Å². The van der Waals surface area contributed by atoms with Crippen LogP contribution in [-0.2, 0) is 6.42 Å². The minimum Gasteiger partial charge on any atom is -0.396 e. The second kappa shape index (κ2) is 6.07. The third-order valence-electron chi connectivity index (χ3n) is 4.79. The molecule has 2 aromatic carbocycles. The van der Waals surface area contributed by atoms with E-state index in [1.165, 1.54) is 0 Å². The lowest BCUT2D eigenvalue weighted by Crippen LogP contribution is -1.96. The van der Waals surface area contributed by atoms with Crippen molar-refractivity contribution in [1.29, 1.82) is 0 Å². The maximum Gasteiger partial charge on any atom is 0.150 e. The number of anilines is 1.